The molecule has 0 aliphatic heterocycles. The fourth-order valence-corrected chi connectivity index (χ4v) is 5.67. The van der Waals surface area contributed by atoms with E-state index in [1.807, 2.05) is 36.4 Å². The molecule has 220 valence electrons. The van der Waals surface area contributed by atoms with Gasteiger partial charge in [0.25, 0.3) is 0 Å². The van der Waals surface area contributed by atoms with Crippen LogP contribution in [0.15, 0.2) is 54.9 Å². The maximum Gasteiger partial charge on any atom is 0.161 e. The van der Waals surface area contributed by atoms with Gasteiger partial charge in [0, 0.05) is 24.5 Å². The molecule has 5 N–H and O–H groups in total. The molecule has 0 fully saturated rings. The number of hydrogen-bond acceptors (Lipinski definition) is 6. The Hall–Kier alpha value is -3.47. The van der Waals surface area contributed by atoms with Gasteiger partial charge in [-0.3, -0.25) is 0 Å². The third-order valence-corrected chi connectivity index (χ3v) is 8.25. The monoisotopic (exact) mass is 558 g/mol. The molecule has 2 heterocycles. The first-order valence-electron chi connectivity index (χ1n) is 15.0. The molecule has 1 aliphatic rings. The highest BCUT2D eigenvalue weighted by Gasteiger charge is 2.26. The first-order chi connectivity index (χ1) is 19.9. The standard InChI is InChI=1S/C34H44N3O4/c1-2-24-7-3-4-11-30(38)29(10-5-8-24)31(39)14-12-25-13-15-32(40)33(21-25)41-20-17-27(22-28-9-6-18-36-28)26-16-19-37-34(35)23-26/h6,9,13,15-16,18-19,21,23-24,27,29-31,38-40H,2-4,7,10-12,14,17,20,22H2,1H3,(H2,35,37)/q-1. The number of pyridine rings is 1. The number of aliphatic hydroxyl groups is 2. The zero-order valence-corrected chi connectivity index (χ0v) is 24.1. The Bertz CT molecular complexity index is 1270. The van der Waals surface area contributed by atoms with E-state index in [2.05, 4.69) is 28.7 Å². The summed E-state index contributed by atoms with van der Waals surface area (Å²) in [6, 6.07) is 13.1. The van der Waals surface area contributed by atoms with Crippen LogP contribution in [0.1, 0.15) is 81.0 Å². The molecule has 1 aromatic carbocycles. The number of benzene rings is 1. The van der Waals surface area contributed by atoms with E-state index in [9.17, 15) is 15.3 Å². The zero-order valence-electron chi connectivity index (χ0n) is 24.1. The van der Waals surface area contributed by atoms with Gasteiger partial charge in [-0.05, 0) is 86.3 Å². The molecule has 5 unspecified atom stereocenters. The normalized spacial score (nSPS) is 20.9. The highest BCUT2D eigenvalue weighted by Crippen LogP contribution is 2.31. The van der Waals surface area contributed by atoms with E-state index < -0.39 is 12.2 Å². The van der Waals surface area contributed by atoms with Crippen molar-refractivity contribution in [2.24, 2.45) is 11.8 Å². The Morgan fingerprint density at radius 2 is 2.00 bits per heavy atom. The molecular weight excluding hydrogens is 514 g/mol. The summed E-state index contributed by atoms with van der Waals surface area (Å²) < 4.78 is 6.06. The first-order valence-corrected chi connectivity index (χ1v) is 15.0. The van der Waals surface area contributed by atoms with Crippen molar-refractivity contribution in [3.8, 4) is 23.3 Å². The number of nitrogens with zero attached hydrogens (tertiary/aromatic N) is 2. The molecule has 7 heteroatoms. The molecule has 0 saturated heterocycles. The smallest absolute Gasteiger partial charge is 0.161 e. The summed E-state index contributed by atoms with van der Waals surface area (Å²) in [6.07, 6.45) is 10.2. The maximum atomic E-state index is 11.0. The number of aromatic hydroxyl groups is 1. The number of phenolic OH excluding ortho intramolecular Hbond substituents is 1. The van der Waals surface area contributed by atoms with Gasteiger partial charge >= 0.3 is 0 Å². The van der Waals surface area contributed by atoms with E-state index in [0.717, 1.165) is 48.9 Å². The van der Waals surface area contributed by atoms with Crippen LogP contribution in [0.4, 0.5) is 5.82 Å². The van der Waals surface area contributed by atoms with Crippen molar-refractivity contribution in [3.05, 3.63) is 71.7 Å². The molecule has 0 radical (unpaired) electrons. The number of nitrogens with two attached hydrogens (primary N) is 1. The molecule has 0 bridgehead atoms. The Morgan fingerprint density at radius 1 is 1.15 bits per heavy atom. The number of anilines is 1. The van der Waals surface area contributed by atoms with Crippen LogP contribution in [0.2, 0.25) is 0 Å². The second-order valence-corrected chi connectivity index (χ2v) is 11.2. The number of aliphatic hydroxyl groups excluding tert-OH is 2. The van der Waals surface area contributed by atoms with Crippen LogP contribution in [0.3, 0.4) is 0 Å². The van der Waals surface area contributed by atoms with Crippen LogP contribution in [-0.4, -0.2) is 39.1 Å². The quantitative estimate of drug-likeness (QED) is 0.220. The molecular formula is C34H44N3O4-. The van der Waals surface area contributed by atoms with Gasteiger partial charge in [0.1, 0.15) is 5.82 Å². The van der Waals surface area contributed by atoms with Crippen molar-refractivity contribution in [1.82, 2.24) is 9.97 Å². The van der Waals surface area contributed by atoms with Gasteiger partial charge < -0.3 is 30.8 Å². The Morgan fingerprint density at radius 3 is 2.78 bits per heavy atom. The second-order valence-electron chi connectivity index (χ2n) is 11.2. The molecule has 0 amide bonds. The van der Waals surface area contributed by atoms with E-state index >= 15 is 0 Å². The lowest BCUT2D eigenvalue weighted by atomic mass is 9.85. The van der Waals surface area contributed by atoms with Gasteiger partial charge in [-0.1, -0.05) is 43.9 Å². The molecule has 41 heavy (non-hydrogen) atoms. The number of aryl methyl sites for hydroxylation is 1. The van der Waals surface area contributed by atoms with Gasteiger partial charge in [0.05, 0.1) is 18.8 Å². The van der Waals surface area contributed by atoms with Gasteiger partial charge in [0.2, 0.25) is 0 Å². The minimum atomic E-state index is -0.657. The minimum absolute atomic E-state index is 0.0835. The molecule has 1 aliphatic carbocycles. The molecule has 5 atom stereocenters. The summed E-state index contributed by atoms with van der Waals surface area (Å²) in [5.41, 5.74) is 8.98. The summed E-state index contributed by atoms with van der Waals surface area (Å²) in [6.45, 7) is 2.57. The van der Waals surface area contributed by atoms with Gasteiger partial charge in [-0.15, -0.1) is 5.92 Å². The molecule has 0 saturated carbocycles. The zero-order chi connectivity index (χ0) is 29.0. The molecule has 0 spiro atoms. The number of phenols is 1. The van der Waals surface area contributed by atoms with Crippen molar-refractivity contribution in [1.29, 1.82) is 0 Å². The highest BCUT2D eigenvalue weighted by molar-refractivity contribution is 5.42. The minimum Gasteiger partial charge on any atom is -0.668 e. The van der Waals surface area contributed by atoms with Crippen molar-refractivity contribution in [2.45, 2.75) is 89.3 Å². The maximum absolute atomic E-state index is 11.0. The summed E-state index contributed by atoms with van der Waals surface area (Å²) in [7, 11) is 0. The second kappa shape index (κ2) is 15.5. The summed E-state index contributed by atoms with van der Waals surface area (Å²) in [5, 5.41) is 32.3. The molecule has 2 aromatic heterocycles. The van der Waals surface area contributed by atoms with Crippen LogP contribution >= 0.6 is 0 Å². The van der Waals surface area contributed by atoms with Gasteiger partial charge in [-0.25, -0.2) is 4.98 Å². The Kier molecular flexibility index (Phi) is 11.5. The lowest BCUT2D eigenvalue weighted by Crippen LogP contribution is -2.32. The summed E-state index contributed by atoms with van der Waals surface area (Å²) in [4.78, 5) is 8.54. The lowest BCUT2D eigenvalue weighted by molar-refractivity contribution is 0.00559. The van der Waals surface area contributed by atoms with Crippen LogP contribution < -0.4 is 15.5 Å². The Balaban J connectivity index is 1.35. The SMILES string of the molecule is CCC1C#CCC(C(O)CCc2ccc(O)c(OCCC(Cc3ccc[n-]3)c3ccnc(N)c3)c2)C(O)CCCC1. The fraction of sp³-hybridized carbons (Fsp3) is 0.500. The van der Waals surface area contributed by atoms with Gasteiger partial charge in [-0.2, -0.15) is 11.9 Å². The van der Waals surface area contributed by atoms with Crippen LogP contribution in [0.25, 0.3) is 0 Å². The lowest BCUT2D eigenvalue weighted by Gasteiger charge is -2.27. The number of nitrogen functional groups attached to an aromatic ring is 1. The first kappa shape index (κ1) is 30.5. The third kappa shape index (κ3) is 9.27. The van der Waals surface area contributed by atoms with Crippen molar-refractivity contribution >= 4 is 5.82 Å². The Labute approximate surface area is 244 Å². The van der Waals surface area contributed by atoms with E-state index in [1.54, 1.807) is 18.5 Å². The highest BCUT2D eigenvalue weighted by atomic mass is 16.5. The number of aromatic nitrogens is 2. The predicted octanol–water partition coefficient (Wildman–Crippen LogP) is 5.39. The van der Waals surface area contributed by atoms with Gasteiger partial charge in [0.15, 0.2) is 11.5 Å². The summed E-state index contributed by atoms with van der Waals surface area (Å²) >= 11 is 0. The van der Waals surface area contributed by atoms with Crippen LogP contribution in [0, 0.1) is 23.7 Å². The average Bonchev–Trinajstić information content (AvgIpc) is 3.49. The third-order valence-electron chi connectivity index (χ3n) is 8.25. The van der Waals surface area contributed by atoms with Crippen molar-refractivity contribution < 1.29 is 20.1 Å². The van der Waals surface area contributed by atoms with E-state index in [4.69, 9.17) is 10.5 Å². The largest absolute Gasteiger partial charge is 0.668 e. The molecule has 7 nitrogen and oxygen atoms in total. The van der Waals surface area contributed by atoms with Crippen LogP contribution in [0.5, 0.6) is 11.5 Å². The molecule has 4 rings (SSSR count). The van der Waals surface area contributed by atoms with Crippen molar-refractivity contribution in [3.63, 3.8) is 0 Å². The fourth-order valence-electron chi connectivity index (χ4n) is 5.67. The number of ether oxygens (including phenoxy) is 1. The van der Waals surface area contributed by atoms with Crippen molar-refractivity contribution in [2.75, 3.05) is 12.3 Å². The predicted molar refractivity (Wildman–Crippen MR) is 162 cm³/mol. The number of hydrogen-bond donors (Lipinski definition) is 4. The number of rotatable bonds is 12. The molecule has 3 aromatic rings. The topological polar surface area (TPSA) is 123 Å². The van der Waals surface area contributed by atoms with E-state index in [-0.39, 0.29) is 17.6 Å². The summed E-state index contributed by atoms with van der Waals surface area (Å²) in [5.74, 6) is 7.87. The van der Waals surface area contributed by atoms with E-state index in [1.165, 1.54) is 0 Å². The van der Waals surface area contributed by atoms with E-state index in [0.29, 0.717) is 56.2 Å². The average molecular weight is 559 g/mol. The van der Waals surface area contributed by atoms with Crippen LogP contribution in [-0.2, 0) is 12.8 Å².